The predicted molar refractivity (Wildman–Crippen MR) is 137 cm³/mol. The zero-order chi connectivity index (χ0) is 25.3. The van der Waals surface area contributed by atoms with E-state index < -0.39 is 22.0 Å². The van der Waals surface area contributed by atoms with E-state index in [0.29, 0.717) is 32.0 Å². The van der Waals surface area contributed by atoms with Crippen LogP contribution in [-0.2, 0) is 26.2 Å². The Morgan fingerprint density at radius 1 is 1.17 bits per heavy atom. The van der Waals surface area contributed by atoms with Gasteiger partial charge in [0, 0.05) is 12.0 Å². The van der Waals surface area contributed by atoms with Crippen molar-refractivity contribution in [1.29, 1.82) is 0 Å². The Labute approximate surface area is 211 Å². The first-order chi connectivity index (χ1) is 16.6. The maximum Gasteiger partial charge on any atom is 0.242 e. The van der Waals surface area contributed by atoms with E-state index in [0.717, 1.165) is 50.5 Å². The van der Waals surface area contributed by atoms with E-state index >= 15 is 0 Å². The molecule has 1 heterocycles. The van der Waals surface area contributed by atoms with Gasteiger partial charge in [-0.05, 0) is 49.0 Å². The van der Waals surface area contributed by atoms with Gasteiger partial charge in [-0.1, -0.05) is 76.8 Å². The number of amides is 1. The molecule has 3 fully saturated rings. The number of ether oxygens (including phenoxy) is 1. The second-order valence-corrected chi connectivity index (χ2v) is 13.5. The molecule has 1 amide bonds. The van der Waals surface area contributed by atoms with E-state index in [4.69, 9.17) is 4.74 Å². The van der Waals surface area contributed by atoms with Crippen LogP contribution >= 0.6 is 0 Å². The Morgan fingerprint density at radius 3 is 2.60 bits per heavy atom. The number of fused-ring (bicyclic) bond motifs is 1. The summed E-state index contributed by atoms with van der Waals surface area (Å²) in [6, 6.07) is 9.59. The Hall–Kier alpha value is -1.44. The molecule has 7 heteroatoms. The van der Waals surface area contributed by atoms with Crippen molar-refractivity contribution in [3.05, 3.63) is 35.9 Å². The van der Waals surface area contributed by atoms with Crippen LogP contribution in [0.1, 0.15) is 84.1 Å². The number of carbonyl (C=O) groups is 1. The van der Waals surface area contributed by atoms with E-state index in [2.05, 4.69) is 20.8 Å². The Kier molecular flexibility index (Phi) is 7.99. The van der Waals surface area contributed by atoms with Crippen LogP contribution < -0.4 is 0 Å². The minimum Gasteiger partial charge on any atom is -0.392 e. The molecule has 0 radical (unpaired) electrons. The molecule has 1 aliphatic heterocycles. The van der Waals surface area contributed by atoms with Crippen molar-refractivity contribution < 1.29 is 23.1 Å². The fourth-order valence-electron chi connectivity index (χ4n) is 7.18. The van der Waals surface area contributed by atoms with Crippen molar-refractivity contribution in [2.45, 2.75) is 97.3 Å². The number of aliphatic hydroxyl groups is 1. The second-order valence-electron chi connectivity index (χ2n) is 11.6. The van der Waals surface area contributed by atoms with Gasteiger partial charge in [-0.15, -0.1) is 0 Å². The van der Waals surface area contributed by atoms with Crippen LogP contribution in [0, 0.1) is 22.7 Å². The molecule has 1 N–H and O–H groups in total. The molecule has 1 spiro atoms. The smallest absolute Gasteiger partial charge is 0.242 e. The molecule has 3 aliphatic rings. The molecule has 1 aromatic carbocycles. The van der Waals surface area contributed by atoms with Crippen molar-refractivity contribution in [1.82, 2.24) is 4.31 Å². The van der Waals surface area contributed by atoms with Crippen LogP contribution in [0.5, 0.6) is 0 Å². The molecule has 196 valence electrons. The first kappa shape index (κ1) is 26.6. The fraction of sp³-hybridized carbons (Fsp3) is 0.750. The van der Waals surface area contributed by atoms with Crippen LogP contribution in [0.2, 0.25) is 0 Å². The summed E-state index contributed by atoms with van der Waals surface area (Å²) >= 11 is 0. The van der Waals surface area contributed by atoms with Crippen molar-refractivity contribution in [3.63, 3.8) is 0 Å². The summed E-state index contributed by atoms with van der Waals surface area (Å²) in [5, 5.41) is 11.1. The van der Waals surface area contributed by atoms with Gasteiger partial charge < -0.3 is 9.84 Å². The lowest BCUT2D eigenvalue weighted by Gasteiger charge is -2.37. The van der Waals surface area contributed by atoms with E-state index in [1.165, 1.54) is 4.31 Å². The first-order valence-corrected chi connectivity index (χ1v) is 15.1. The molecule has 2 saturated carbocycles. The van der Waals surface area contributed by atoms with Crippen molar-refractivity contribution in [2.24, 2.45) is 22.7 Å². The Bertz CT molecular complexity index is 978. The van der Waals surface area contributed by atoms with Crippen LogP contribution in [0.3, 0.4) is 0 Å². The molecule has 0 aromatic heterocycles. The molecule has 35 heavy (non-hydrogen) atoms. The maximum atomic E-state index is 13.9. The lowest BCUT2D eigenvalue weighted by molar-refractivity contribution is -0.138. The van der Waals surface area contributed by atoms with Crippen molar-refractivity contribution in [2.75, 3.05) is 12.4 Å². The molecule has 1 aromatic rings. The summed E-state index contributed by atoms with van der Waals surface area (Å²) in [5.41, 5.74) is 0.629. The summed E-state index contributed by atoms with van der Waals surface area (Å²) < 4.78 is 33.8. The molecule has 5 atom stereocenters. The van der Waals surface area contributed by atoms with Crippen LogP contribution in [-0.4, -0.2) is 48.2 Å². The largest absolute Gasteiger partial charge is 0.392 e. The highest BCUT2D eigenvalue weighted by Gasteiger charge is 2.72. The van der Waals surface area contributed by atoms with Gasteiger partial charge >= 0.3 is 0 Å². The van der Waals surface area contributed by atoms with Gasteiger partial charge in [-0.3, -0.25) is 4.79 Å². The number of sulfonamides is 1. The molecule has 2 bridgehead atoms. The van der Waals surface area contributed by atoms with E-state index in [9.17, 15) is 18.3 Å². The third kappa shape index (κ3) is 4.93. The summed E-state index contributed by atoms with van der Waals surface area (Å²) in [7, 11) is -3.69. The number of nitrogens with zero attached hydrogens (tertiary/aromatic N) is 1. The highest BCUT2D eigenvalue weighted by molar-refractivity contribution is 7.90. The molecule has 0 unspecified atom stereocenters. The number of carbonyl (C=O) groups excluding carboxylic acids is 1. The quantitative estimate of drug-likeness (QED) is 0.408. The molecule has 1 saturated heterocycles. The molecular weight excluding hydrogens is 462 g/mol. The maximum absolute atomic E-state index is 13.9. The average molecular weight is 506 g/mol. The zero-order valence-corrected chi connectivity index (χ0v) is 22.4. The average Bonchev–Trinajstić information content (AvgIpc) is 3.30. The number of aliphatic hydroxyl groups excluding tert-OH is 1. The van der Waals surface area contributed by atoms with Crippen molar-refractivity contribution in [3.8, 4) is 0 Å². The van der Waals surface area contributed by atoms with Crippen LogP contribution in [0.15, 0.2) is 30.3 Å². The van der Waals surface area contributed by atoms with Crippen LogP contribution in [0.25, 0.3) is 0 Å². The van der Waals surface area contributed by atoms with Crippen molar-refractivity contribution >= 4 is 15.9 Å². The Morgan fingerprint density at radius 2 is 1.91 bits per heavy atom. The first-order valence-electron chi connectivity index (χ1n) is 13.5. The molecule has 2 aliphatic carbocycles. The van der Waals surface area contributed by atoms with Gasteiger partial charge in [0.1, 0.15) is 0 Å². The summed E-state index contributed by atoms with van der Waals surface area (Å²) in [6.45, 7) is 7.29. The SMILES string of the molecule is CCCCCC[C@H](C(=O)N1[C@@H]2C[C@H]3CC[C@]2(CS1(=O)=O)C3(C)C)[C@@H](O)CCOCc1ccccc1. The van der Waals surface area contributed by atoms with Gasteiger partial charge in [-0.2, -0.15) is 0 Å². The van der Waals surface area contributed by atoms with E-state index in [-0.39, 0.29) is 28.5 Å². The van der Waals surface area contributed by atoms with E-state index in [1.54, 1.807) is 0 Å². The second kappa shape index (κ2) is 10.5. The predicted octanol–water partition coefficient (Wildman–Crippen LogP) is 4.91. The zero-order valence-electron chi connectivity index (χ0n) is 21.6. The number of rotatable bonds is 12. The molecular formula is C28H43NO5S. The van der Waals surface area contributed by atoms with Gasteiger partial charge in [0.25, 0.3) is 0 Å². The number of hydrogen-bond acceptors (Lipinski definition) is 5. The number of hydrogen-bond donors (Lipinski definition) is 1. The summed E-state index contributed by atoms with van der Waals surface area (Å²) in [4.78, 5) is 13.9. The summed E-state index contributed by atoms with van der Waals surface area (Å²) in [5.74, 6) is -0.571. The highest BCUT2D eigenvalue weighted by Crippen LogP contribution is 2.70. The third-order valence-corrected chi connectivity index (χ3v) is 11.4. The number of benzene rings is 1. The van der Waals surface area contributed by atoms with Crippen LogP contribution in [0.4, 0.5) is 0 Å². The highest BCUT2D eigenvalue weighted by atomic mass is 32.2. The lowest BCUT2D eigenvalue weighted by atomic mass is 9.69. The number of unbranched alkanes of at least 4 members (excludes halogenated alkanes) is 3. The monoisotopic (exact) mass is 505 g/mol. The van der Waals surface area contributed by atoms with Gasteiger partial charge in [-0.25, -0.2) is 12.7 Å². The minimum atomic E-state index is -3.69. The minimum absolute atomic E-state index is 0.0682. The fourth-order valence-corrected chi connectivity index (χ4v) is 9.77. The summed E-state index contributed by atoms with van der Waals surface area (Å²) in [6.07, 6.45) is 6.52. The Balaban J connectivity index is 1.46. The topological polar surface area (TPSA) is 83.9 Å². The van der Waals surface area contributed by atoms with Gasteiger partial charge in [0.15, 0.2) is 0 Å². The lowest BCUT2D eigenvalue weighted by Crippen LogP contribution is -2.48. The van der Waals surface area contributed by atoms with E-state index in [1.807, 2.05) is 30.3 Å². The van der Waals surface area contributed by atoms with Gasteiger partial charge in [0.2, 0.25) is 15.9 Å². The molecule has 6 nitrogen and oxygen atoms in total. The standard InChI is InChI=1S/C28H43NO5S/c1-4-5-6-10-13-23(24(30)15-17-34-19-21-11-8-7-9-12-21)26(31)29-25-18-22-14-16-28(25,27(22,2)3)20-35(29,32)33/h7-9,11-12,22-25,30H,4-6,10,13-20H2,1-3H3/t22-,23+,24+,25-,28-/m1/s1. The molecule has 4 rings (SSSR count). The normalized spacial score (nSPS) is 29.8. The van der Waals surface area contributed by atoms with Gasteiger partial charge in [0.05, 0.1) is 30.4 Å². The third-order valence-electron chi connectivity index (χ3n) is 9.45.